The smallest absolute Gasteiger partial charge is 0.255 e. The van der Waals surface area contributed by atoms with E-state index in [0.29, 0.717) is 33.8 Å². The van der Waals surface area contributed by atoms with Crippen molar-refractivity contribution in [2.75, 3.05) is 33.3 Å². The second-order valence-electron chi connectivity index (χ2n) is 6.79. The Hall–Kier alpha value is -1.90. The number of carbonyl (C=O) groups is 1. The highest BCUT2D eigenvalue weighted by Gasteiger charge is 2.31. The van der Waals surface area contributed by atoms with Crippen LogP contribution in [0.2, 0.25) is 0 Å². The van der Waals surface area contributed by atoms with Crippen LogP contribution in [0.25, 0.3) is 0 Å². The normalized spacial score (nSPS) is 15.5. The first-order valence-electron chi connectivity index (χ1n) is 8.94. The molecule has 1 amide bonds. The van der Waals surface area contributed by atoms with E-state index in [4.69, 9.17) is 4.74 Å². The van der Waals surface area contributed by atoms with Gasteiger partial charge in [0, 0.05) is 30.7 Å². The topological polar surface area (TPSA) is 66.9 Å². The van der Waals surface area contributed by atoms with Gasteiger partial charge in [-0.15, -0.1) is 0 Å². The van der Waals surface area contributed by atoms with Crippen molar-refractivity contribution in [2.45, 2.75) is 18.7 Å². The SMILES string of the molecule is COc1ccc(Br)c(C(=O)N2CCN(S(=O)(=O)c3ccc(C)c(C)c3)CC2)c1. The third-order valence-corrected chi connectivity index (χ3v) is 7.63. The van der Waals surface area contributed by atoms with Crippen molar-refractivity contribution in [3.05, 3.63) is 57.6 Å². The molecule has 150 valence electrons. The number of halogens is 1. The number of nitrogens with zero attached hydrogens (tertiary/aromatic N) is 2. The zero-order valence-corrected chi connectivity index (χ0v) is 18.5. The number of benzene rings is 2. The van der Waals surface area contributed by atoms with Crippen molar-refractivity contribution in [1.82, 2.24) is 9.21 Å². The molecular formula is C20H23BrN2O4S. The van der Waals surface area contributed by atoms with Crippen molar-refractivity contribution in [3.8, 4) is 5.75 Å². The standard InChI is InChI=1S/C20H23BrN2O4S/c1-14-4-6-17(12-15(14)2)28(25,26)23-10-8-22(9-11-23)20(24)18-13-16(27-3)5-7-19(18)21/h4-7,12-13H,8-11H2,1-3H3. The van der Waals surface area contributed by atoms with Gasteiger partial charge in [0.05, 0.1) is 17.6 Å². The molecule has 0 unspecified atom stereocenters. The molecule has 0 radical (unpaired) electrons. The Bertz CT molecular complexity index is 999. The molecule has 0 spiro atoms. The number of rotatable bonds is 4. The summed E-state index contributed by atoms with van der Waals surface area (Å²) < 4.78 is 33.2. The fourth-order valence-corrected chi connectivity index (χ4v) is 5.04. The third kappa shape index (κ3) is 4.09. The van der Waals surface area contributed by atoms with Gasteiger partial charge in [-0.2, -0.15) is 4.31 Å². The summed E-state index contributed by atoms with van der Waals surface area (Å²) >= 11 is 3.40. The monoisotopic (exact) mass is 466 g/mol. The minimum absolute atomic E-state index is 0.144. The molecule has 0 bridgehead atoms. The number of sulfonamides is 1. The molecule has 0 N–H and O–H groups in total. The number of carbonyl (C=O) groups excluding carboxylic acids is 1. The zero-order chi connectivity index (χ0) is 20.5. The number of ether oxygens (including phenoxy) is 1. The van der Waals surface area contributed by atoms with Gasteiger partial charge in [0.25, 0.3) is 5.91 Å². The van der Waals surface area contributed by atoms with Crippen LogP contribution in [-0.4, -0.2) is 56.8 Å². The Kier molecular flexibility index (Phi) is 6.12. The summed E-state index contributed by atoms with van der Waals surface area (Å²) in [5.41, 5.74) is 2.50. The molecule has 1 heterocycles. The van der Waals surface area contributed by atoms with Gasteiger partial charge in [-0.05, 0) is 71.2 Å². The summed E-state index contributed by atoms with van der Waals surface area (Å²) in [6.07, 6.45) is 0. The molecule has 1 fully saturated rings. The van der Waals surface area contributed by atoms with Gasteiger partial charge in [-0.25, -0.2) is 8.42 Å². The van der Waals surface area contributed by atoms with E-state index in [1.54, 1.807) is 42.3 Å². The minimum atomic E-state index is -3.57. The van der Waals surface area contributed by atoms with Gasteiger partial charge in [-0.1, -0.05) is 6.07 Å². The van der Waals surface area contributed by atoms with E-state index in [1.165, 1.54) is 4.31 Å². The van der Waals surface area contributed by atoms with E-state index in [9.17, 15) is 13.2 Å². The lowest BCUT2D eigenvalue weighted by atomic mass is 10.1. The molecule has 28 heavy (non-hydrogen) atoms. The number of amides is 1. The van der Waals surface area contributed by atoms with Crippen molar-refractivity contribution < 1.29 is 17.9 Å². The van der Waals surface area contributed by atoms with Gasteiger partial charge in [-0.3, -0.25) is 4.79 Å². The van der Waals surface area contributed by atoms with Crippen LogP contribution < -0.4 is 4.74 Å². The third-order valence-electron chi connectivity index (χ3n) is 5.05. The average molecular weight is 467 g/mol. The highest BCUT2D eigenvalue weighted by Crippen LogP contribution is 2.25. The molecule has 2 aromatic rings. The quantitative estimate of drug-likeness (QED) is 0.693. The van der Waals surface area contributed by atoms with E-state index in [1.807, 2.05) is 19.9 Å². The van der Waals surface area contributed by atoms with Crippen molar-refractivity contribution in [1.29, 1.82) is 0 Å². The molecule has 8 heteroatoms. The number of aryl methyl sites for hydroxylation is 2. The van der Waals surface area contributed by atoms with Crippen molar-refractivity contribution in [3.63, 3.8) is 0 Å². The van der Waals surface area contributed by atoms with E-state index in [-0.39, 0.29) is 19.0 Å². The largest absolute Gasteiger partial charge is 0.497 e. The fraction of sp³-hybridized carbons (Fsp3) is 0.350. The highest BCUT2D eigenvalue weighted by atomic mass is 79.9. The molecule has 0 saturated carbocycles. The Labute approximate surface area is 174 Å². The predicted molar refractivity (Wildman–Crippen MR) is 111 cm³/mol. The maximum absolute atomic E-state index is 12.9. The number of hydrogen-bond donors (Lipinski definition) is 0. The summed E-state index contributed by atoms with van der Waals surface area (Å²) in [7, 11) is -2.02. The van der Waals surface area contributed by atoms with E-state index in [0.717, 1.165) is 11.1 Å². The Morgan fingerprint density at radius 3 is 2.29 bits per heavy atom. The maximum atomic E-state index is 12.9. The second kappa shape index (κ2) is 8.23. The Morgan fingerprint density at radius 2 is 1.68 bits per heavy atom. The van der Waals surface area contributed by atoms with E-state index >= 15 is 0 Å². The van der Waals surface area contributed by atoms with Crippen LogP contribution in [0.5, 0.6) is 5.75 Å². The van der Waals surface area contributed by atoms with Crippen LogP contribution in [0.15, 0.2) is 45.8 Å². The van der Waals surface area contributed by atoms with Crippen LogP contribution in [0.1, 0.15) is 21.5 Å². The van der Waals surface area contributed by atoms with Crippen LogP contribution in [0.3, 0.4) is 0 Å². The van der Waals surface area contributed by atoms with Gasteiger partial charge >= 0.3 is 0 Å². The molecular weight excluding hydrogens is 444 g/mol. The molecule has 1 aliphatic heterocycles. The minimum Gasteiger partial charge on any atom is -0.497 e. The van der Waals surface area contributed by atoms with Crippen LogP contribution in [0, 0.1) is 13.8 Å². The average Bonchev–Trinajstić information content (AvgIpc) is 2.70. The predicted octanol–water partition coefficient (Wildman–Crippen LogP) is 3.22. The number of methoxy groups -OCH3 is 1. The summed E-state index contributed by atoms with van der Waals surface area (Å²) in [6, 6.07) is 10.4. The molecule has 3 rings (SSSR count). The maximum Gasteiger partial charge on any atom is 0.255 e. The van der Waals surface area contributed by atoms with Crippen LogP contribution in [0.4, 0.5) is 0 Å². The Morgan fingerprint density at radius 1 is 1.00 bits per heavy atom. The molecule has 0 atom stereocenters. The fourth-order valence-electron chi connectivity index (χ4n) is 3.12. The summed E-state index contributed by atoms with van der Waals surface area (Å²) in [5.74, 6) is 0.455. The molecule has 6 nitrogen and oxygen atoms in total. The zero-order valence-electron chi connectivity index (χ0n) is 16.1. The summed E-state index contributed by atoms with van der Waals surface area (Å²) in [6.45, 7) is 5.06. The van der Waals surface area contributed by atoms with Gasteiger partial charge in [0.2, 0.25) is 10.0 Å². The molecule has 1 aliphatic rings. The number of piperazine rings is 1. The first-order chi connectivity index (χ1) is 13.2. The first-order valence-corrected chi connectivity index (χ1v) is 11.2. The lowest BCUT2D eigenvalue weighted by Gasteiger charge is -2.34. The van der Waals surface area contributed by atoms with E-state index < -0.39 is 10.0 Å². The molecule has 2 aromatic carbocycles. The second-order valence-corrected chi connectivity index (χ2v) is 9.58. The van der Waals surface area contributed by atoms with Gasteiger partial charge < -0.3 is 9.64 Å². The molecule has 0 aromatic heterocycles. The van der Waals surface area contributed by atoms with Crippen LogP contribution in [-0.2, 0) is 10.0 Å². The molecule has 0 aliphatic carbocycles. The van der Waals surface area contributed by atoms with Crippen LogP contribution >= 0.6 is 15.9 Å². The summed E-state index contributed by atoms with van der Waals surface area (Å²) in [5, 5.41) is 0. The Balaban J connectivity index is 1.73. The highest BCUT2D eigenvalue weighted by molar-refractivity contribution is 9.10. The van der Waals surface area contributed by atoms with Gasteiger partial charge in [0.15, 0.2) is 0 Å². The number of hydrogen-bond acceptors (Lipinski definition) is 4. The molecule has 1 saturated heterocycles. The lowest BCUT2D eigenvalue weighted by Crippen LogP contribution is -2.50. The van der Waals surface area contributed by atoms with Crippen molar-refractivity contribution >= 4 is 31.9 Å². The van der Waals surface area contributed by atoms with Crippen molar-refractivity contribution in [2.24, 2.45) is 0 Å². The first kappa shape index (κ1) is 20.8. The van der Waals surface area contributed by atoms with Gasteiger partial charge in [0.1, 0.15) is 5.75 Å². The summed E-state index contributed by atoms with van der Waals surface area (Å²) in [4.78, 5) is 14.8. The van der Waals surface area contributed by atoms with E-state index in [2.05, 4.69) is 15.9 Å². The lowest BCUT2D eigenvalue weighted by molar-refractivity contribution is 0.0696.